The molecule has 2 N–H and O–H groups in total. The van der Waals surface area contributed by atoms with E-state index >= 15 is 0 Å². The van der Waals surface area contributed by atoms with Gasteiger partial charge < -0.3 is 24.4 Å². The number of aliphatic hydroxyl groups excluding tert-OH is 2. The van der Waals surface area contributed by atoms with E-state index in [2.05, 4.69) is 13.8 Å². The third-order valence-electron chi connectivity index (χ3n) is 11.2. The zero-order chi connectivity index (χ0) is 38.5. The lowest BCUT2D eigenvalue weighted by Crippen LogP contribution is -2.45. The molecule has 1 aliphatic heterocycles. The predicted molar refractivity (Wildman–Crippen MR) is 220 cm³/mol. The smallest absolute Gasteiger partial charge is 0.306 e. The van der Waals surface area contributed by atoms with Gasteiger partial charge in [0.05, 0.1) is 13.2 Å². The summed E-state index contributed by atoms with van der Waals surface area (Å²) < 4.78 is 16.8. The van der Waals surface area contributed by atoms with Gasteiger partial charge in [0.25, 0.3) is 0 Å². The normalized spacial score (nSPS) is 17.7. The van der Waals surface area contributed by atoms with E-state index in [1.165, 1.54) is 180 Å². The number of unbranched alkanes of at least 4 members (excludes halogenated alkanes) is 32. The first kappa shape index (κ1) is 49.8. The molecule has 0 aromatic carbocycles. The topological polar surface area (TPSA) is 102 Å². The van der Waals surface area contributed by atoms with Crippen LogP contribution in [0, 0.1) is 0 Å². The molecule has 4 atom stereocenters. The van der Waals surface area contributed by atoms with Gasteiger partial charge in [-0.2, -0.15) is 0 Å². The van der Waals surface area contributed by atoms with Crippen molar-refractivity contribution >= 4 is 11.9 Å². The standard InChI is InChI=1S/C46H88O7/c1-3-5-7-9-11-13-15-17-19-21-23-25-27-29-31-33-35-37-43(49)52-42(39-47)46-45(41(48)40-51-46)53-44(50)38-36-34-32-30-28-26-24-22-20-18-16-14-12-10-8-6-4-2/h41-42,45-48H,3-40H2,1-2H3/t41-,42+,45+,46+/m0/s1. The molecule has 1 heterocycles. The Balaban J connectivity index is 2.04. The maximum Gasteiger partial charge on any atom is 0.306 e. The molecule has 1 rings (SSSR count). The molecule has 0 spiro atoms. The molecule has 7 heteroatoms. The lowest BCUT2D eigenvalue weighted by atomic mass is 10.0. The molecule has 0 aliphatic carbocycles. The van der Waals surface area contributed by atoms with E-state index in [4.69, 9.17) is 14.2 Å². The average molecular weight is 753 g/mol. The van der Waals surface area contributed by atoms with Crippen LogP contribution in [-0.4, -0.2) is 59.8 Å². The van der Waals surface area contributed by atoms with Crippen molar-refractivity contribution in [2.45, 2.75) is 269 Å². The van der Waals surface area contributed by atoms with Crippen LogP contribution >= 0.6 is 0 Å². The zero-order valence-electron chi connectivity index (χ0n) is 35.1. The molecule has 0 aromatic heterocycles. The second kappa shape index (κ2) is 37.7. The van der Waals surface area contributed by atoms with E-state index in [0.29, 0.717) is 0 Å². The van der Waals surface area contributed by atoms with Gasteiger partial charge in [-0.05, 0) is 12.8 Å². The quantitative estimate of drug-likeness (QED) is 0.0474. The lowest BCUT2D eigenvalue weighted by Gasteiger charge is -2.27. The van der Waals surface area contributed by atoms with Crippen molar-refractivity contribution in [1.82, 2.24) is 0 Å². The number of hydrogen-bond donors (Lipinski definition) is 2. The molecule has 1 aliphatic rings. The molecule has 0 bridgehead atoms. The van der Waals surface area contributed by atoms with E-state index < -0.39 is 31.0 Å². The number of ether oxygens (including phenoxy) is 3. The first-order valence-corrected chi connectivity index (χ1v) is 23.3. The van der Waals surface area contributed by atoms with Crippen LogP contribution in [0.2, 0.25) is 0 Å². The van der Waals surface area contributed by atoms with Gasteiger partial charge in [0.1, 0.15) is 12.2 Å². The minimum absolute atomic E-state index is 0.0189. The monoisotopic (exact) mass is 753 g/mol. The SMILES string of the molecule is CCCCCCCCCCCCCCCCCCCC(=O)O[C@H]1[C@@H]([C@@H](CO)OC(=O)CCCCCCCCCCCCCCCCCCC)OC[C@@H]1O. The van der Waals surface area contributed by atoms with Crippen LogP contribution < -0.4 is 0 Å². The molecular formula is C46H88O7. The first-order valence-electron chi connectivity index (χ1n) is 23.3. The van der Waals surface area contributed by atoms with E-state index in [-0.39, 0.29) is 31.4 Å². The fraction of sp³-hybridized carbons (Fsp3) is 0.957. The summed E-state index contributed by atoms with van der Waals surface area (Å²) in [6, 6.07) is 0. The maximum atomic E-state index is 12.6. The van der Waals surface area contributed by atoms with Gasteiger partial charge in [0, 0.05) is 12.8 Å². The summed E-state index contributed by atoms with van der Waals surface area (Å²) in [5.74, 6) is -0.763. The number of rotatable bonds is 40. The van der Waals surface area contributed by atoms with Crippen LogP contribution in [0.1, 0.15) is 245 Å². The maximum absolute atomic E-state index is 12.6. The van der Waals surface area contributed by atoms with Crippen LogP contribution in [0.3, 0.4) is 0 Å². The van der Waals surface area contributed by atoms with Crippen molar-refractivity contribution in [2.75, 3.05) is 13.2 Å². The molecule has 1 saturated heterocycles. The Bertz CT molecular complexity index is 805. The molecule has 53 heavy (non-hydrogen) atoms. The Morgan fingerprint density at radius 3 is 1.13 bits per heavy atom. The molecule has 0 radical (unpaired) electrons. The van der Waals surface area contributed by atoms with Crippen LogP contribution in [-0.2, 0) is 23.8 Å². The minimum atomic E-state index is -1.00. The first-order chi connectivity index (χ1) is 26.0. The molecule has 314 valence electrons. The zero-order valence-corrected chi connectivity index (χ0v) is 35.1. The van der Waals surface area contributed by atoms with E-state index in [1.807, 2.05) is 0 Å². The highest BCUT2D eigenvalue weighted by molar-refractivity contribution is 5.70. The van der Waals surface area contributed by atoms with Gasteiger partial charge in [0.2, 0.25) is 0 Å². The average Bonchev–Trinajstić information content (AvgIpc) is 3.51. The Hall–Kier alpha value is -1.18. The van der Waals surface area contributed by atoms with Crippen LogP contribution in [0.5, 0.6) is 0 Å². The summed E-state index contributed by atoms with van der Waals surface area (Å²) in [4.78, 5) is 25.2. The van der Waals surface area contributed by atoms with E-state index in [9.17, 15) is 19.8 Å². The molecular weight excluding hydrogens is 664 g/mol. The Morgan fingerprint density at radius 2 is 0.811 bits per heavy atom. The summed E-state index contributed by atoms with van der Waals surface area (Å²) in [5.41, 5.74) is 0. The molecule has 0 aromatic rings. The van der Waals surface area contributed by atoms with Crippen molar-refractivity contribution in [2.24, 2.45) is 0 Å². The van der Waals surface area contributed by atoms with Gasteiger partial charge >= 0.3 is 11.9 Å². The fourth-order valence-corrected chi connectivity index (χ4v) is 7.72. The molecule has 0 unspecified atom stereocenters. The highest BCUT2D eigenvalue weighted by atomic mass is 16.6. The van der Waals surface area contributed by atoms with Gasteiger partial charge in [-0.1, -0.05) is 219 Å². The third-order valence-corrected chi connectivity index (χ3v) is 11.2. The van der Waals surface area contributed by atoms with Crippen molar-refractivity contribution in [3.8, 4) is 0 Å². The number of carbonyl (C=O) groups is 2. The highest BCUT2D eigenvalue weighted by Gasteiger charge is 2.45. The molecule has 0 amide bonds. The molecule has 7 nitrogen and oxygen atoms in total. The predicted octanol–water partition coefficient (Wildman–Crippen LogP) is 12.6. The summed E-state index contributed by atoms with van der Waals surface area (Å²) in [6.07, 6.45) is 40.4. The van der Waals surface area contributed by atoms with Crippen molar-refractivity contribution in [3.05, 3.63) is 0 Å². The summed E-state index contributed by atoms with van der Waals surface area (Å²) in [5, 5.41) is 20.4. The Kier molecular flexibility index (Phi) is 35.5. The minimum Gasteiger partial charge on any atom is -0.457 e. The van der Waals surface area contributed by atoms with Gasteiger partial charge in [-0.15, -0.1) is 0 Å². The Labute approximate surface area is 327 Å². The summed E-state index contributed by atoms with van der Waals surface area (Å²) in [7, 11) is 0. The molecule has 0 saturated carbocycles. The summed E-state index contributed by atoms with van der Waals surface area (Å²) >= 11 is 0. The van der Waals surface area contributed by atoms with Crippen molar-refractivity contribution < 1.29 is 34.0 Å². The third kappa shape index (κ3) is 29.7. The van der Waals surface area contributed by atoms with Crippen LogP contribution in [0.15, 0.2) is 0 Å². The van der Waals surface area contributed by atoms with Gasteiger partial charge in [-0.25, -0.2) is 0 Å². The number of esters is 2. The highest BCUT2D eigenvalue weighted by Crippen LogP contribution is 2.24. The second-order valence-electron chi connectivity index (χ2n) is 16.3. The van der Waals surface area contributed by atoms with Crippen molar-refractivity contribution in [3.63, 3.8) is 0 Å². The van der Waals surface area contributed by atoms with Gasteiger partial charge in [-0.3, -0.25) is 9.59 Å². The largest absolute Gasteiger partial charge is 0.457 e. The van der Waals surface area contributed by atoms with Crippen LogP contribution in [0.4, 0.5) is 0 Å². The summed E-state index contributed by atoms with van der Waals surface area (Å²) in [6.45, 7) is 4.08. The van der Waals surface area contributed by atoms with E-state index in [0.717, 1.165) is 38.5 Å². The van der Waals surface area contributed by atoms with Gasteiger partial charge in [0.15, 0.2) is 12.2 Å². The fourth-order valence-electron chi connectivity index (χ4n) is 7.72. The molecule has 1 fully saturated rings. The van der Waals surface area contributed by atoms with Crippen molar-refractivity contribution in [1.29, 1.82) is 0 Å². The number of aliphatic hydroxyl groups is 2. The number of carbonyl (C=O) groups excluding carboxylic acids is 2. The Morgan fingerprint density at radius 1 is 0.509 bits per heavy atom. The number of hydrogen-bond acceptors (Lipinski definition) is 7. The lowest BCUT2D eigenvalue weighted by molar-refractivity contribution is -0.171. The van der Waals surface area contributed by atoms with Crippen LogP contribution in [0.25, 0.3) is 0 Å². The van der Waals surface area contributed by atoms with E-state index in [1.54, 1.807) is 0 Å². The second-order valence-corrected chi connectivity index (χ2v) is 16.3.